The first kappa shape index (κ1) is 19.6. The van der Waals surface area contributed by atoms with Crippen molar-refractivity contribution in [2.45, 2.75) is 27.4 Å². The molecule has 3 rings (SSSR count). The number of methoxy groups -OCH3 is 1. The lowest BCUT2D eigenvalue weighted by atomic mass is 10.2. The SMILES string of the molecule is COc1ccccc1N(C(C)=O)c1nc(COC(=O)c2cc(C)oc2C)cs1. The molecule has 0 aliphatic heterocycles. The maximum Gasteiger partial charge on any atom is 0.342 e. The van der Waals surface area contributed by atoms with E-state index >= 15 is 0 Å². The third-order valence-corrected chi connectivity index (χ3v) is 4.86. The lowest BCUT2D eigenvalue weighted by Crippen LogP contribution is -2.23. The summed E-state index contributed by atoms with van der Waals surface area (Å²) in [5, 5.41) is 2.22. The number of carbonyl (C=O) groups excluding carboxylic acids is 2. The minimum atomic E-state index is -0.475. The molecule has 0 fully saturated rings. The second-order valence-corrected chi connectivity index (χ2v) is 6.89. The van der Waals surface area contributed by atoms with Gasteiger partial charge in [-0.15, -0.1) is 11.3 Å². The highest BCUT2D eigenvalue weighted by atomic mass is 32.1. The Morgan fingerprint density at radius 1 is 1.25 bits per heavy atom. The van der Waals surface area contributed by atoms with Crippen molar-refractivity contribution in [2.75, 3.05) is 12.0 Å². The van der Waals surface area contributed by atoms with E-state index in [0.29, 0.717) is 39.3 Å². The van der Waals surface area contributed by atoms with Crippen LogP contribution in [0.3, 0.4) is 0 Å². The number of nitrogens with zero attached hydrogens (tertiary/aromatic N) is 2. The fraction of sp³-hybridized carbons (Fsp3) is 0.250. The molecular formula is C20H20N2O5S. The second kappa shape index (κ2) is 8.26. The number of aryl methyl sites for hydroxylation is 2. The summed E-state index contributed by atoms with van der Waals surface area (Å²) >= 11 is 1.28. The summed E-state index contributed by atoms with van der Waals surface area (Å²) in [7, 11) is 1.55. The van der Waals surface area contributed by atoms with Crippen molar-refractivity contribution in [3.8, 4) is 5.75 Å². The molecule has 1 aromatic carbocycles. The number of furan rings is 1. The van der Waals surface area contributed by atoms with E-state index in [-0.39, 0.29) is 12.5 Å². The molecule has 0 bridgehead atoms. The number of amides is 1. The van der Waals surface area contributed by atoms with Crippen molar-refractivity contribution >= 4 is 34.0 Å². The zero-order valence-corrected chi connectivity index (χ0v) is 16.8. The van der Waals surface area contributed by atoms with Crippen LogP contribution in [0.15, 0.2) is 40.1 Å². The molecule has 2 heterocycles. The van der Waals surface area contributed by atoms with Crippen LogP contribution < -0.4 is 9.64 Å². The van der Waals surface area contributed by atoms with Gasteiger partial charge in [-0.2, -0.15) is 0 Å². The van der Waals surface area contributed by atoms with Gasteiger partial charge in [0.05, 0.1) is 18.5 Å². The second-order valence-electron chi connectivity index (χ2n) is 6.05. The topological polar surface area (TPSA) is 81.9 Å². The van der Waals surface area contributed by atoms with Crippen molar-refractivity contribution in [1.29, 1.82) is 0 Å². The summed E-state index contributed by atoms with van der Waals surface area (Å²) in [6, 6.07) is 8.84. The standard InChI is InChI=1S/C20H20N2O5S/c1-12-9-16(13(2)27-12)19(24)26-10-15-11-28-20(21-15)22(14(3)23)17-7-5-6-8-18(17)25-4/h5-9,11H,10H2,1-4H3. The molecule has 28 heavy (non-hydrogen) atoms. The van der Waals surface area contributed by atoms with Crippen LogP contribution in [0.5, 0.6) is 5.75 Å². The number of anilines is 2. The maximum absolute atomic E-state index is 12.3. The van der Waals surface area contributed by atoms with Gasteiger partial charge in [-0.05, 0) is 32.0 Å². The third-order valence-electron chi connectivity index (χ3n) is 3.98. The van der Waals surface area contributed by atoms with Crippen molar-refractivity contribution in [3.05, 3.63) is 58.5 Å². The highest BCUT2D eigenvalue weighted by Gasteiger charge is 2.22. The van der Waals surface area contributed by atoms with Crippen LogP contribution in [-0.2, 0) is 16.1 Å². The number of benzene rings is 1. The highest BCUT2D eigenvalue weighted by molar-refractivity contribution is 7.14. The predicted octanol–water partition coefficient (Wildman–Crippen LogP) is 4.40. The average Bonchev–Trinajstić information content (AvgIpc) is 3.26. The number of rotatable bonds is 6. The summed E-state index contributed by atoms with van der Waals surface area (Å²) in [4.78, 5) is 30.4. The van der Waals surface area contributed by atoms with Gasteiger partial charge in [0.25, 0.3) is 0 Å². The van der Waals surface area contributed by atoms with Crippen LogP contribution in [0, 0.1) is 13.8 Å². The number of hydrogen-bond donors (Lipinski definition) is 0. The van der Waals surface area contributed by atoms with Gasteiger partial charge in [-0.1, -0.05) is 12.1 Å². The molecule has 1 amide bonds. The number of aromatic nitrogens is 1. The fourth-order valence-corrected chi connectivity index (χ4v) is 3.60. The largest absolute Gasteiger partial charge is 0.495 e. The zero-order valence-electron chi connectivity index (χ0n) is 16.0. The number of ether oxygens (including phenoxy) is 2. The van der Waals surface area contributed by atoms with Crippen molar-refractivity contribution in [1.82, 2.24) is 4.98 Å². The Morgan fingerprint density at radius 3 is 2.64 bits per heavy atom. The summed E-state index contributed by atoms with van der Waals surface area (Å²) in [5.74, 6) is 1.05. The van der Waals surface area contributed by atoms with Crippen molar-refractivity contribution in [3.63, 3.8) is 0 Å². The minimum Gasteiger partial charge on any atom is -0.495 e. The van der Waals surface area contributed by atoms with Crippen LogP contribution in [-0.4, -0.2) is 24.0 Å². The lowest BCUT2D eigenvalue weighted by Gasteiger charge is -2.20. The van der Waals surface area contributed by atoms with E-state index in [1.54, 1.807) is 44.5 Å². The summed E-state index contributed by atoms with van der Waals surface area (Å²) in [6.07, 6.45) is 0. The summed E-state index contributed by atoms with van der Waals surface area (Å²) < 4.78 is 16.0. The Kier molecular flexibility index (Phi) is 5.79. The molecule has 0 aliphatic rings. The van der Waals surface area contributed by atoms with Crippen LogP contribution in [0.2, 0.25) is 0 Å². The molecule has 8 heteroatoms. The number of para-hydroxylation sites is 2. The van der Waals surface area contributed by atoms with E-state index in [2.05, 4.69) is 4.98 Å². The van der Waals surface area contributed by atoms with E-state index in [1.807, 2.05) is 12.1 Å². The Morgan fingerprint density at radius 2 is 2.00 bits per heavy atom. The molecule has 146 valence electrons. The highest BCUT2D eigenvalue weighted by Crippen LogP contribution is 2.35. The van der Waals surface area contributed by atoms with Crippen molar-refractivity contribution in [2.24, 2.45) is 0 Å². The summed E-state index contributed by atoms with van der Waals surface area (Å²) in [6.45, 7) is 4.93. The lowest BCUT2D eigenvalue weighted by molar-refractivity contribution is -0.115. The van der Waals surface area contributed by atoms with Gasteiger partial charge < -0.3 is 13.9 Å². The monoisotopic (exact) mass is 400 g/mol. The van der Waals surface area contributed by atoms with E-state index in [1.165, 1.54) is 23.2 Å². The average molecular weight is 400 g/mol. The van der Waals surface area contributed by atoms with Crippen LogP contribution in [0.1, 0.15) is 34.5 Å². The van der Waals surface area contributed by atoms with Gasteiger partial charge in [0, 0.05) is 12.3 Å². The zero-order chi connectivity index (χ0) is 20.3. The first-order chi connectivity index (χ1) is 13.4. The minimum absolute atomic E-state index is 0.00330. The summed E-state index contributed by atoms with van der Waals surface area (Å²) in [5.41, 5.74) is 1.54. The van der Waals surface area contributed by atoms with Gasteiger partial charge in [-0.25, -0.2) is 9.78 Å². The van der Waals surface area contributed by atoms with Crippen molar-refractivity contribution < 1.29 is 23.5 Å². The molecule has 7 nitrogen and oxygen atoms in total. The molecule has 0 spiro atoms. The molecule has 2 aromatic heterocycles. The molecule has 0 saturated heterocycles. The van der Waals surface area contributed by atoms with E-state index in [9.17, 15) is 9.59 Å². The Bertz CT molecular complexity index is 1010. The Labute approximate surface area is 166 Å². The van der Waals surface area contributed by atoms with Gasteiger partial charge in [-0.3, -0.25) is 9.69 Å². The first-order valence-electron chi connectivity index (χ1n) is 8.53. The maximum atomic E-state index is 12.3. The van der Waals surface area contributed by atoms with E-state index < -0.39 is 5.97 Å². The molecule has 0 unspecified atom stereocenters. The predicted molar refractivity (Wildman–Crippen MR) is 105 cm³/mol. The number of carbonyl (C=O) groups is 2. The van der Waals surface area contributed by atoms with Gasteiger partial charge >= 0.3 is 5.97 Å². The van der Waals surface area contributed by atoms with Gasteiger partial charge in [0.1, 0.15) is 29.4 Å². The Hall–Kier alpha value is -3.13. The van der Waals surface area contributed by atoms with Crippen LogP contribution >= 0.6 is 11.3 Å². The molecule has 0 radical (unpaired) electrons. The normalized spacial score (nSPS) is 10.6. The Balaban J connectivity index is 1.77. The van der Waals surface area contributed by atoms with Crippen LogP contribution in [0.4, 0.5) is 10.8 Å². The van der Waals surface area contributed by atoms with E-state index in [0.717, 1.165) is 0 Å². The number of hydrogen-bond acceptors (Lipinski definition) is 7. The fourth-order valence-electron chi connectivity index (χ4n) is 2.74. The van der Waals surface area contributed by atoms with Crippen LogP contribution in [0.25, 0.3) is 0 Å². The molecule has 3 aromatic rings. The van der Waals surface area contributed by atoms with Gasteiger partial charge in [0.15, 0.2) is 5.13 Å². The third kappa shape index (κ3) is 4.07. The molecule has 0 N–H and O–H groups in total. The molecule has 0 aliphatic carbocycles. The molecular weight excluding hydrogens is 380 g/mol. The number of esters is 1. The molecule has 0 atom stereocenters. The quantitative estimate of drug-likeness (QED) is 0.570. The van der Waals surface area contributed by atoms with Gasteiger partial charge in [0.2, 0.25) is 5.91 Å². The first-order valence-corrected chi connectivity index (χ1v) is 9.41. The number of thiazole rings is 1. The van der Waals surface area contributed by atoms with E-state index in [4.69, 9.17) is 13.9 Å². The molecule has 0 saturated carbocycles. The smallest absolute Gasteiger partial charge is 0.342 e.